The largest absolute Gasteiger partial charge is 0.493 e. The number of hydrogen-bond acceptors (Lipinski definition) is 2. The maximum absolute atomic E-state index is 5.77. The van der Waals surface area contributed by atoms with Gasteiger partial charge in [0.2, 0.25) is 0 Å². The zero-order valence-electron chi connectivity index (χ0n) is 10.9. The van der Waals surface area contributed by atoms with Crippen LogP contribution >= 0.6 is 15.9 Å². The predicted octanol–water partition coefficient (Wildman–Crippen LogP) is 3.77. The van der Waals surface area contributed by atoms with Gasteiger partial charge in [-0.1, -0.05) is 29.8 Å². The fourth-order valence-electron chi connectivity index (χ4n) is 1.53. The lowest BCUT2D eigenvalue weighted by molar-refractivity contribution is 0.255. The first-order chi connectivity index (χ1) is 8.13. The van der Waals surface area contributed by atoms with Crippen molar-refractivity contribution in [2.24, 2.45) is 5.92 Å². The summed E-state index contributed by atoms with van der Waals surface area (Å²) in [7, 11) is 0. The number of rotatable bonds is 7. The molecule has 0 saturated heterocycles. The Morgan fingerprint density at radius 1 is 1.41 bits per heavy atom. The highest BCUT2D eigenvalue weighted by Gasteiger charge is 2.03. The van der Waals surface area contributed by atoms with Crippen LogP contribution < -0.4 is 10.1 Å². The third-order valence-electron chi connectivity index (χ3n) is 2.58. The van der Waals surface area contributed by atoms with Crippen LogP contribution in [0, 0.1) is 12.8 Å². The molecule has 2 nitrogen and oxygen atoms in total. The van der Waals surface area contributed by atoms with Crippen LogP contribution in [0.1, 0.15) is 25.8 Å². The van der Waals surface area contributed by atoms with Crippen LogP contribution in [0.2, 0.25) is 0 Å². The molecular weight excluding hydrogens is 278 g/mol. The van der Waals surface area contributed by atoms with Gasteiger partial charge in [0, 0.05) is 16.9 Å². The van der Waals surface area contributed by atoms with Crippen LogP contribution in [-0.4, -0.2) is 19.7 Å². The summed E-state index contributed by atoms with van der Waals surface area (Å²) in [5.74, 6) is 1.48. The van der Waals surface area contributed by atoms with Gasteiger partial charge in [-0.05, 0) is 43.7 Å². The zero-order chi connectivity index (χ0) is 12.7. The molecule has 0 aromatic heterocycles. The minimum Gasteiger partial charge on any atom is -0.493 e. The van der Waals surface area contributed by atoms with Gasteiger partial charge in [-0.25, -0.2) is 0 Å². The topological polar surface area (TPSA) is 21.3 Å². The summed E-state index contributed by atoms with van der Waals surface area (Å²) < 4.78 is 6.90. The number of halogens is 1. The van der Waals surface area contributed by atoms with Crippen molar-refractivity contribution in [3.63, 3.8) is 0 Å². The van der Waals surface area contributed by atoms with Gasteiger partial charge in [-0.2, -0.15) is 0 Å². The van der Waals surface area contributed by atoms with E-state index in [1.807, 2.05) is 12.1 Å². The van der Waals surface area contributed by atoms with Crippen LogP contribution in [0.15, 0.2) is 22.7 Å². The van der Waals surface area contributed by atoms with Crippen LogP contribution in [-0.2, 0) is 0 Å². The van der Waals surface area contributed by atoms with E-state index in [0.717, 1.165) is 29.9 Å². The van der Waals surface area contributed by atoms with Gasteiger partial charge >= 0.3 is 0 Å². The molecule has 1 aromatic carbocycles. The molecule has 17 heavy (non-hydrogen) atoms. The third-order valence-corrected chi connectivity index (χ3v) is 3.47. The first-order valence-electron chi connectivity index (χ1n) is 6.23. The quantitative estimate of drug-likeness (QED) is 0.774. The van der Waals surface area contributed by atoms with Crippen molar-refractivity contribution in [3.05, 3.63) is 28.2 Å². The first-order valence-corrected chi connectivity index (χ1v) is 7.02. The van der Waals surface area contributed by atoms with Crippen molar-refractivity contribution in [1.82, 2.24) is 5.32 Å². The van der Waals surface area contributed by atoms with Crippen molar-refractivity contribution >= 4 is 15.9 Å². The highest BCUT2D eigenvalue weighted by Crippen LogP contribution is 2.21. The predicted molar refractivity (Wildman–Crippen MR) is 76.7 cm³/mol. The second-order valence-electron chi connectivity index (χ2n) is 4.53. The lowest BCUT2D eigenvalue weighted by Crippen LogP contribution is -2.25. The van der Waals surface area contributed by atoms with Gasteiger partial charge in [0.25, 0.3) is 0 Å². The minimum absolute atomic E-state index is 0.533. The van der Waals surface area contributed by atoms with Crippen molar-refractivity contribution < 1.29 is 4.74 Å². The summed E-state index contributed by atoms with van der Waals surface area (Å²) >= 11 is 3.49. The van der Waals surface area contributed by atoms with Crippen molar-refractivity contribution in [3.8, 4) is 5.75 Å². The van der Waals surface area contributed by atoms with E-state index >= 15 is 0 Å². The zero-order valence-corrected chi connectivity index (χ0v) is 12.5. The number of aryl methyl sites for hydroxylation is 1. The van der Waals surface area contributed by atoms with Crippen LogP contribution in [0.4, 0.5) is 0 Å². The molecule has 1 atom stereocenters. The average Bonchev–Trinajstić information content (AvgIpc) is 2.31. The normalized spacial score (nSPS) is 12.5. The number of hydrogen-bond donors (Lipinski definition) is 1. The maximum atomic E-state index is 5.77. The highest BCUT2D eigenvalue weighted by molar-refractivity contribution is 9.10. The van der Waals surface area contributed by atoms with E-state index in [4.69, 9.17) is 4.74 Å². The van der Waals surface area contributed by atoms with E-state index in [-0.39, 0.29) is 0 Å². The Kier molecular flexibility index (Phi) is 6.60. The Morgan fingerprint density at radius 3 is 2.82 bits per heavy atom. The summed E-state index contributed by atoms with van der Waals surface area (Å²) in [4.78, 5) is 0. The van der Waals surface area contributed by atoms with E-state index in [2.05, 4.69) is 48.1 Å². The standard InChI is InChI=1S/C14H22BrNO/c1-4-7-16-9-11(2)10-17-13-5-6-14(15)12(3)8-13/h5-6,8,11,16H,4,7,9-10H2,1-3H3. The van der Waals surface area contributed by atoms with Gasteiger partial charge < -0.3 is 10.1 Å². The molecule has 96 valence electrons. The molecule has 0 aliphatic rings. The Morgan fingerprint density at radius 2 is 2.18 bits per heavy atom. The molecule has 1 aromatic rings. The molecule has 0 saturated carbocycles. The van der Waals surface area contributed by atoms with Gasteiger partial charge in [-0.3, -0.25) is 0 Å². The van der Waals surface area contributed by atoms with Gasteiger partial charge in [0.05, 0.1) is 6.61 Å². The van der Waals surface area contributed by atoms with Crippen molar-refractivity contribution in [1.29, 1.82) is 0 Å². The third kappa shape index (κ3) is 5.55. The molecule has 0 spiro atoms. The summed E-state index contributed by atoms with van der Waals surface area (Å²) in [5.41, 5.74) is 1.21. The second-order valence-corrected chi connectivity index (χ2v) is 5.39. The van der Waals surface area contributed by atoms with Crippen molar-refractivity contribution in [2.75, 3.05) is 19.7 Å². The molecule has 1 N–H and O–H groups in total. The fourth-order valence-corrected chi connectivity index (χ4v) is 1.78. The van der Waals surface area contributed by atoms with E-state index in [1.165, 1.54) is 12.0 Å². The summed E-state index contributed by atoms with van der Waals surface area (Å²) in [5, 5.41) is 3.40. The molecule has 1 rings (SSSR count). The maximum Gasteiger partial charge on any atom is 0.119 e. The van der Waals surface area contributed by atoms with Crippen LogP contribution in [0.3, 0.4) is 0 Å². The fraction of sp³-hybridized carbons (Fsp3) is 0.571. The molecule has 0 fully saturated rings. The molecule has 0 heterocycles. The number of benzene rings is 1. The highest BCUT2D eigenvalue weighted by atomic mass is 79.9. The molecule has 0 aliphatic heterocycles. The lowest BCUT2D eigenvalue weighted by atomic mass is 10.2. The molecule has 0 aliphatic carbocycles. The molecular formula is C14H22BrNO. The molecule has 3 heteroatoms. The van der Waals surface area contributed by atoms with Crippen LogP contribution in [0.25, 0.3) is 0 Å². The van der Waals surface area contributed by atoms with Gasteiger partial charge in [0.1, 0.15) is 5.75 Å². The SMILES string of the molecule is CCCNCC(C)COc1ccc(Br)c(C)c1. The summed E-state index contributed by atoms with van der Waals surface area (Å²) in [6.07, 6.45) is 1.18. The Labute approximate surface area is 113 Å². The molecule has 1 unspecified atom stereocenters. The summed E-state index contributed by atoms with van der Waals surface area (Å²) in [6.45, 7) is 9.32. The monoisotopic (exact) mass is 299 g/mol. The van der Waals surface area contributed by atoms with Gasteiger partial charge in [0.15, 0.2) is 0 Å². The van der Waals surface area contributed by atoms with Gasteiger partial charge in [-0.15, -0.1) is 0 Å². The Balaban J connectivity index is 2.31. The van der Waals surface area contributed by atoms with E-state index < -0.39 is 0 Å². The number of ether oxygens (including phenoxy) is 1. The molecule has 0 amide bonds. The summed E-state index contributed by atoms with van der Waals surface area (Å²) in [6, 6.07) is 6.10. The second kappa shape index (κ2) is 7.72. The first kappa shape index (κ1) is 14.5. The Bertz CT molecular complexity index is 341. The van der Waals surface area contributed by atoms with E-state index in [0.29, 0.717) is 5.92 Å². The number of nitrogens with one attached hydrogen (secondary N) is 1. The lowest BCUT2D eigenvalue weighted by Gasteiger charge is -2.14. The van der Waals surface area contributed by atoms with E-state index in [9.17, 15) is 0 Å². The van der Waals surface area contributed by atoms with Crippen molar-refractivity contribution in [2.45, 2.75) is 27.2 Å². The molecule has 0 radical (unpaired) electrons. The van der Waals surface area contributed by atoms with Crippen LogP contribution in [0.5, 0.6) is 5.75 Å². The minimum atomic E-state index is 0.533. The Hall–Kier alpha value is -0.540. The average molecular weight is 300 g/mol. The van der Waals surface area contributed by atoms with E-state index in [1.54, 1.807) is 0 Å². The smallest absolute Gasteiger partial charge is 0.119 e. The molecule has 0 bridgehead atoms.